The van der Waals surface area contributed by atoms with Crippen LogP contribution in [0.25, 0.3) is 11.1 Å². The van der Waals surface area contributed by atoms with Crippen molar-refractivity contribution in [3.05, 3.63) is 47.5 Å². The number of nitrogens with zero attached hydrogens (tertiary/aromatic N) is 2. The fourth-order valence-corrected chi connectivity index (χ4v) is 3.81. The SMILES string of the molecule is CCN(C)/C=N/c1cc(C)c(-c2ccc([Si](C)(C)C)cc2)cc1C. The van der Waals surface area contributed by atoms with Crippen molar-refractivity contribution >= 4 is 25.3 Å². The second kappa shape index (κ2) is 7.35. The van der Waals surface area contributed by atoms with E-state index in [1.165, 1.54) is 27.4 Å². The fraction of sp³-hybridized carbons (Fsp3) is 0.381. The number of rotatable bonds is 5. The van der Waals surface area contributed by atoms with E-state index < -0.39 is 8.07 Å². The van der Waals surface area contributed by atoms with E-state index in [9.17, 15) is 0 Å². The highest BCUT2D eigenvalue weighted by Gasteiger charge is 2.16. The van der Waals surface area contributed by atoms with Crippen LogP contribution in [0.2, 0.25) is 19.6 Å². The maximum atomic E-state index is 4.63. The first-order chi connectivity index (χ1) is 11.2. The van der Waals surface area contributed by atoms with Crippen molar-refractivity contribution < 1.29 is 0 Å². The molecule has 0 N–H and O–H groups in total. The number of hydrogen-bond donors (Lipinski definition) is 0. The molecule has 2 nitrogen and oxygen atoms in total. The summed E-state index contributed by atoms with van der Waals surface area (Å²) in [5, 5.41) is 1.50. The lowest BCUT2D eigenvalue weighted by molar-refractivity contribution is 0.552. The van der Waals surface area contributed by atoms with Gasteiger partial charge in [-0.1, -0.05) is 49.1 Å². The molecule has 0 aliphatic rings. The van der Waals surface area contributed by atoms with E-state index in [4.69, 9.17) is 0 Å². The Morgan fingerprint density at radius 1 is 1.00 bits per heavy atom. The molecule has 0 atom stereocenters. The standard InChI is InChI=1S/C21H30N2Si/c1-8-23(4)15-22-21-14-16(2)20(13-17(21)3)18-9-11-19(12-10-18)24(5,6)7/h9-15H,8H2,1-7H3/b22-15+. The molecular weight excluding hydrogens is 308 g/mol. The maximum Gasteiger partial charge on any atom is 0.0909 e. The molecule has 0 radical (unpaired) electrons. The molecule has 0 unspecified atom stereocenters. The lowest BCUT2D eigenvalue weighted by atomic mass is 9.97. The van der Waals surface area contributed by atoms with Crippen molar-refractivity contribution in [2.45, 2.75) is 40.4 Å². The van der Waals surface area contributed by atoms with Gasteiger partial charge in [-0.3, -0.25) is 0 Å². The van der Waals surface area contributed by atoms with Gasteiger partial charge in [-0.05, 0) is 55.2 Å². The molecule has 0 aliphatic heterocycles. The zero-order valence-electron chi connectivity index (χ0n) is 16.1. The zero-order valence-corrected chi connectivity index (χ0v) is 17.1. The highest BCUT2D eigenvalue weighted by Crippen LogP contribution is 2.30. The van der Waals surface area contributed by atoms with E-state index in [1.807, 2.05) is 13.4 Å². The van der Waals surface area contributed by atoms with E-state index >= 15 is 0 Å². The Morgan fingerprint density at radius 2 is 1.62 bits per heavy atom. The molecule has 2 aromatic rings. The number of aryl methyl sites for hydroxylation is 2. The first kappa shape index (κ1) is 18.5. The van der Waals surface area contributed by atoms with Gasteiger partial charge in [0, 0.05) is 13.6 Å². The predicted molar refractivity (Wildman–Crippen MR) is 111 cm³/mol. The van der Waals surface area contributed by atoms with Gasteiger partial charge in [0.2, 0.25) is 0 Å². The molecule has 0 aromatic heterocycles. The third-order valence-electron chi connectivity index (χ3n) is 4.50. The van der Waals surface area contributed by atoms with E-state index in [-0.39, 0.29) is 0 Å². The van der Waals surface area contributed by atoms with Crippen LogP contribution in [0.5, 0.6) is 0 Å². The van der Waals surface area contributed by atoms with Crippen molar-refractivity contribution in [1.29, 1.82) is 0 Å². The van der Waals surface area contributed by atoms with E-state index in [0.29, 0.717) is 0 Å². The van der Waals surface area contributed by atoms with Gasteiger partial charge in [-0.15, -0.1) is 0 Å². The van der Waals surface area contributed by atoms with Crippen LogP contribution in [0.15, 0.2) is 41.4 Å². The van der Waals surface area contributed by atoms with Crippen LogP contribution in [-0.2, 0) is 0 Å². The molecular formula is C21H30N2Si. The van der Waals surface area contributed by atoms with Gasteiger partial charge in [0.25, 0.3) is 0 Å². The molecule has 0 amide bonds. The van der Waals surface area contributed by atoms with Gasteiger partial charge >= 0.3 is 0 Å². The van der Waals surface area contributed by atoms with Crippen LogP contribution in [0, 0.1) is 13.8 Å². The Morgan fingerprint density at radius 3 is 2.17 bits per heavy atom. The Labute approximate surface area is 148 Å². The van der Waals surface area contributed by atoms with Crippen molar-refractivity contribution in [3.8, 4) is 11.1 Å². The Bertz CT molecular complexity index is 725. The Balaban J connectivity index is 2.35. The van der Waals surface area contributed by atoms with Gasteiger partial charge in [0.15, 0.2) is 0 Å². The quantitative estimate of drug-likeness (QED) is 0.419. The van der Waals surface area contributed by atoms with Crippen LogP contribution in [0.1, 0.15) is 18.1 Å². The van der Waals surface area contributed by atoms with Gasteiger partial charge in [0.1, 0.15) is 0 Å². The number of hydrogen-bond acceptors (Lipinski definition) is 1. The molecule has 0 bridgehead atoms. The molecule has 0 saturated carbocycles. The molecule has 2 aromatic carbocycles. The molecule has 24 heavy (non-hydrogen) atoms. The lowest BCUT2D eigenvalue weighted by Gasteiger charge is -2.17. The molecule has 3 heteroatoms. The fourth-order valence-electron chi connectivity index (χ4n) is 2.64. The van der Waals surface area contributed by atoms with E-state index in [0.717, 1.165) is 12.2 Å². The third kappa shape index (κ3) is 4.35. The predicted octanol–water partition coefficient (Wildman–Crippen LogP) is 5.13. The minimum atomic E-state index is -1.24. The average Bonchev–Trinajstić information content (AvgIpc) is 2.54. The molecule has 0 fully saturated rings. The monoisotopic (exact) mass is 338 g/mol. The summed E-state index contributed by atoms with van der Waals surface area (Å²) in [6.07, 6.45) is 1.91. The Hall–Kier alpha value is -1.87. The van der Waals surface area contributed by atoms with Gasteiger partial charge in [-0.2, -0.15) is 0 Å². The molecule has 0 saturated heterocycles. The van der Waals surface area contributed by atoms with Crippen molar-refractivity contribution in [3.63, 3.8) is 0 Å². The summed E-state index contributed by atoms with van der Waals surface area (Å²) in [7, 11) is 0.802. The summed E-state index contributed by atoms with van der Waals surface area (Å²) >= 11 is 0. The van der Waals surface area contributed by atoms with Crippen LogP contribution in [0.3, 0.4) is 0 Å². The van der Waals surface area contributed by atoms with Crippen LogP contribution in [0.4, 0.5) is 5.69 Å². The topological polar surface area (TPSA) is 15.6 Å². The summed E-state index contributed by atoms with van der Waals surface area (Å²) < 4.78 is 0. The smallest absolute Gasteiger partial charge is 0.0909 e. The van der Waals surface area contributed by atoms with E-state index in [1.54, 1.807) is 0 Å². The zero-order chi connectivity index (χ0) is 17.9. The lowest BCUT2D eigenvalue weighted by Crippen LogP contribution is -2.37. The second-order valence-electron chi connectivity index (χ2n) is 7.60. The number of aliphatic imine (C=N–C) groups is 1. The molecule has 128 valence electrons. The maximum absolute atomic E-state index is 4.63. The van der Waals surface area contributed by atoms with Gasteiger partial charge < -0.3 is 4.90 Å². The summed E-state index contributed by atoms with van der Waals surface area (Å²) in [6, 6.07) is 13.6. The van der Waals surface area contributed by atoms with Gasteiger partial charge in [0.05, 0.1) is 20.1 Å². The third-order valence-corrected chi connectivity index (χ3v) is 6.56. The first-order valence-electron chi connectivity index (χ1n) is 8.69. The summed E-state index contributed by atoms with van der Waals surface area (Å²) in [6.45, 7) is 14.6. The number of benzene rings is 2. The average molecular weight is 339 g/mol. The van der Waals surface area contributed by atoms with Crippen molar-refractivity contribution in [1.82, 2.24) is 4.90 Å². The first-order valence-corrected chi connectivity index (χ1v) is 12.2. The molecule has 0 heterocycles. The Kier molecular flexibility index (Phi) is 5.65. The van der Waals surface area contributed by atoms with E-state index in [2.05, 4.69) is 86.7 Å². The highest BCUT2D eigenvalue weighted by atomic mass is 28.3. The largest absolute Gasteiger partial charge is 0.366 e. The molecule has 0 spiro atoms. The molecule has 2 rings (SSSR count). The minimum Gasteiger partial charge on any atom is -0.366 e. The van der Waals surface area contributed by atoms with Gasteiger partial charge in [-0.25, -0.2) is 4.99 Å². The highest BCUT2D eigenvalue weighted by molar-refractivity contribution is 6.88. The summed E-state index contributed by atoms with van der Waals surface area (Å²) in [5.41, 5.74) is 6.13. The van der Waals surface area contributed by atoms with Crippen molar-refractivity contribution in [2.24, 2.45) is 4.99 Å². The van der Waals surface area contributed by atoms with Crippen LogP contribution < -0.4 is 5.19 Å². The van der Waals surface area contributed by atoms with Crippen LogP contribution in [-0.4, -0.2) is 32.9 Å². The minimum absolute atomic E-state index is 0.961. The summed E-state index contributed by atoms with van der Waals surface area (Å²) in [5.74, 6) is 0. The van der Waals surface area contributed by atoms with Crippen LogP contribution >= 0.6 is 0 Å². The second-order valence-corrected chi connectivity index (χ2v) is 12.7. The van der Waals surface area contributed by atoms with Crippen molar-refractivity contribution in [2.75, 3.05) is 13.6 Å². The summed E-state index contributed by atoms with van der Waals surface area (Å²) in [4.78, 5) is 6.71. The normalized spacial score (nSPS) is 12.0. The molecule has 0 aliphatic carbocycles.